The van der Waals surface area contributed by atoms with Crippen molar-refractivity contribution in [3.63, 3.8) is 0 Å². The molecule has 0 aliphatic carbocycles. The average Bonchev–Trinajstić information content (AvgIpc) is 3.11. The van der Waals surface area contributed by atoms with E-state index in [4.69, 9.17) is 4.74 Å². The van der Waals surface area contributed by atoms with E-state index in [1.807, 2.05) is 18.2 Å². The van der Waals surface area contributed by atoms with Crippen molar-refractivity contribution in [2.24, 2.45) is 0 Å². The molecule has 0 saturated heterocycles. The first kappa shape index (κ1) is 19.4. The van der Waals surface area contributed by atoms with Crippen molar-refractivity contribution in [3.8, 4) is 5.75 Å². The zero-order valence-electron chi connectivity index (χ0n) is 16.5. The molecule has 150 valence electrons. The first-order valence-corrected chi connectivity index (χ1v) is 10.6. The Labute approximate surface area is 173 Å². The molecule has 29 heavy (non-hydrogen) atoms. The molecule has 1 unspecified atom stereocenters. The fraction of sp³-hybridized carbons (Fsp3) is 0.318. The number of hydrogen-bond donors (Lipinski definition) is 1. The fourth-order valence-electron chi connectivity index (χ4n) is 3.38. The number of fused-ring (bicyclic) bond motifs is 2. The second kappa shape index (κ2) is 8.21. The Balaban J connectivity index is 1.49. The van der Waals surface area contributed by atoms with Gasteiger partial charge in [0.15, 0.2) is 11.2 Å². The molecule has 7 heteroatoms. The summed E-state index contributed by atoms with van der Waals surface area (Å²) in [5.41, 5.74) is 2.76. The quantitative estimate of drug-likeness (QED) is 0.655. The molecule has 0 saturated carbocycles. The maximum absolute atomic E-state index is 12.6. The van der Waals surface area contributed by atoms with Crippen LogP contribution in [0.2, 0.25) is 0 Å². The number of hydrogen-bond acceptors (Lipinski definition) is 5. The van der Waals surface area contributed by atoms with Crippen LogP contribution in [0.5, 0.6) is 5.75 Å². The van der Waals surface area contributed by atoms with Crippen LogP contribution in [0.1, 0.15) is 32.3 Å². The Morgan fingerprint density at radius 3 is 2.93 bits per heavy atom. The highest BCUT2D eigenvalue weighted by Gasteiger charge is 2.32. The molecule has 0 radical (unpaired) electrons. The lowest BCUT2D eigenvalue weighted by Crippen LogP contribution is -2.47. The smallest absolute Gasteiger partial charge is 0.268 e. The van der Waals surface area contributed by atoms with Gasteiger partial charge in [-0.05, 0) is 49.6 Å². The molecule has 2 amide bonds. The number of anilines is 2. The third-order valence-corrected chi connectivity index (χ3v) is 5.83. The van der Waals surface area contributed by atoms with E-state index in [0.717, 1.165) is 29.5 Å². The molecule has 1 aliphatic rings. The summed E-state index contributed by atoms with van der Waals surface area (Å²) in [6.45, 7) is 3.78. The monoisotopic (exact) mass is 409 g/mol. The minimum absolute atomic E-state index is 0.0821. The van der Waals surface area contributed by atoms with Gasteiger partial charge in [-0.3, -0.25) is 14.5 Å². The van der Waals surface area contributed by atoms with Gasteiger partial charge in [0.1, 0.15) is 12.3 Å². The highest BCUT2D eigenvalue weighted by Crippen LogP contribution is 2.33. The van der Waals surface area contributed by atoms with Gasteiger partial charge in [-0.15, -0.1) is 0 Å². The van der Waals surface area contributed by atoms with Gasteiger partial charge in [0.25, 0.3) is 5.91 Å². The number of para-hydroxylation sites is 2. The van der Waals surface area contributed by atoms with E-state index in [0.29, 0.717) is 16.6 Å². The summed E-state index contributed by atoms with van der Waals surface area (Å²) in [4.78, 5) is 31.2. The van der Waals surface area contributed by atoms with Crippen molar-refractivity contribution < 1.29 is 14.3 Å². The Morgan fingerprint density at radius 1 is 1.28 bits per heavy atom. The predicted molar refractivity (Wildman–Crippen MR) is 116 cm³/mol. The molecule has 1 N–H and O–H groups in total. The average molecular weight is 410 g/mol. The third-order valence-electron chi connectivity index (χ3n) is 4.89. The normalized spacial score (nSPS) is 15.9. The number of rotatable bonds is 6. The van der Waals surface area contributed by atoms with Crippen molar-refractivity contribution in [1.29, 1.82) is 0 Å². The minimum atomic E-state index is -0.623. The van der Waals surface area contributed by atoms with Gasteiger partial charge in [-0.2, -0.15) is 0 Å². The first-order valence-electron chi connectivity index (χ1n) is 9.81. The van der Waals surface area contributed by atoms with Crippen molar-refractivity contribution in [2.45, 2.75) is 39.2 Å². The molecule has 4 rings (SSSR count). The van der Waals surface area contributed by atoms with Crippen LogP contribution in [-0.2, 0) is 16.0 Å². The van der Waals surface area contributed by atoms with Crippen molar-refractivity contribution in [3.05, 3.63) is 48.0 Å². The van der Waals surface area contributed by atoms with Crippen LogP contribution < -0.4 is 15.0 Å². The summed E-state index contributed by atoms with van der Waals surface area (Å²) in [5, 5.41) is 3.38. The Bertz CT molecular complexity index is 1060. The van der Waals surface area contributed by atoms with Crippen LogP contribution in [0.15, 0.2) is 42.5 Å². The SMILES string of the molecule is CCCCc1ccc2nc(NC(=O)CN3C(=O)C(C)Oc4ccccc43)sc2c1. The number of aromatic nitrogens is 1. The summed E-state index contributed by atoms with van der Waals surface area (Å²) in [6.07, 6.45) is 2.73. The van der Waals surface area contributed by atoms with Crippen LogP contribution in [0.3, 0.4) is 0 Å². The third kappa shape index (κ3) is 4.10. The molecule has 1 aromatic heterocycles. The number of unbranched alkanes of at least 4 members (excludes halogenated alkanes) is 1. The van der Waals surface area contributed by atoms with E-state index in [1.165, 1.54) is 21.8 Å². The number of ether oxygens (including phenoxy) is 1. The van der Waals surface area contributed by atoms with Crippen LogP contribution in [-0.4, -0.2) is 29.4 Å². The standard InChI is InChI=1S/C22H23N3O3S/c1-3-4-7-15-10-11-16-19(12-15)29-22(23-16)24-20(26)13-25-17-8-5-6-9-18(17)28-14(2)21(25)27/h5-6,8-12,14H,3-4,7,13H2,1-2H3,(H,23,24,26). The second-order valence-electron chi connectivity index (χ2n) is 7.13. The van der Waals surface area contributed by atoms with E-state index in [2.05, 4.69) is 29.4 Å². The Kier molecular flexibility index (Phi) is 5.49. The molecule has 0 spiro atoms. The molecular formula is C22H23N3O3S. The molecule has 1 atom stereocenters. The lowest BCUT2D eigenvalue weighted by molar-refractivity contribution is -0.127. The highest BCUT2D eigenvalue weighted by molar-refractivity contribution is 7.22. The maximum atomic E-state index is 12.6. The van der Waals surface area contributed by atoms with Crippen LogP contribution in [0.25, 0.3) is 10.2 Å². The lowest BCUT2D eigenvalue weighted by atomic mass is 10.1. The summed E-state index contributed by atoms with van der Waals surface area (Å²) >= 11 is 1.45. The molecule has 2 aromatic carbocycles. The lowest BCUT2D eigenvalue weighted by Gasteiger charge is -2.32. The van der Waals surface area contributed by atoms with Gasteiger partial charge in [0.2, 0.25) is 5.91 Å². The fourth-order valence-corrected chi connectivity index (χ4v) is 4.33. The maximum Gasteiger partial charge on any atom is 0.268 e. The Morgan fingerprint density at radius 2 is 2.10 bits per heavy atom. The van der Waals surface area contributed by atoms with Crippen LogP contribution in [0, 0.1) is 0 Å². The van der Waals surface area contributed by atoms with E-state index in [1.54, 1.807) is 19.1 Å². The number of aryl methyl sites for hydroxylation is 1. The molecule has 1 aliphatic heterocycles. The molecule has 3 aromatic rings. The molecule has 6 nitrogen and oxygen atoms in total. The molecular weight excluding hydrogens is 386 g/mol. The number of nitrogens with one attached hydrogen (secondary N) is 1. The number of benzene rings is 2. The predicted octanol–water partition coefficient (Wildman–Crippen LogP) is 4.39. The topological polar surface area (TPSA) is 71.5 Å². The van der Waals surface area contributed by atoms with Crippen LogP contribution >= 0.6 is 11.3 Å². The highest BCUT2D eigenvalue weighted by atomic mass is 32.1. The molecule has 2 heterocycles. The number of nitrogens with zero attached hydrogens (tertiary/aromatic N) is 2. The summed E-state index contributed by atoms with van der Waals surface area (Å²) in [5.74, 6) is 0.0863. The minimum Gasteiger partial charge on any atom is -0.479 e. The zero-order chi connectivity index (χ0) is 20.4. The summed E-state index contributed by atoms with van der Waals surface area (Å²) < 4.78 is 6.67. The first-order chi connectivity index (χ1) is 14.0. The van der Waals surface area contributed by atoms with Crippen molar-refractivity contribution >= 4 is 44.2 Å². The van der Waals surface area contributed by atoms with E-state index in [-0.39, 0.29) is 18.4 Å². The summed E-state index contributed by atoms with van der Waals surface area (Å²) in [7, 11) is 0. The van der Waals surface area contributed by atoms with Gasteiger partial charge >= 0.3 is 0 Å². The summed E-state index contributed by atoms with van der Waals surface area (Å²) in [6, 6.07) is 13.5. The van der Waals surface area contributed by atoms with E-state index >= 15 is 0 Å². The largest absolute Gasteiger partial charge is 0.479 e. The van der Waals surface area contributed by atoms with Crippen molar-refractivity contribution in [2.75, 3.05) is 16.8 Å². The second-order valence-corrected chi connectivity index (χ2v) is 8.16. The van der Waals surface area contributed by atoms with Gasteiger partial charge in [0, 0.05) is 0 Å². The van der Waals surface area contributed by atoms with Gasteiger partial charge in [-0.25, -0.2) is 4.98 Å². The Hall–Kier alpha value is -2.93. The number of carbonyl (C=O) groups excluding carboxylic acids is 2. The number of amides is 2. The molecule has 0 bridgehead atoms. The van der Waals surface area contributed by atoms with Crippen LogP contribution in [0.4, 0.5) is 10.8 Å². The number of carbonyl (C=O) groups is 2. The number of thiazole rings is 1. The zero-order valence-corrected chi connectivity index (χ0v) is 17.3. The van der Waals surface area contributed by atoms with E-state index < -0.39 is 6.10 Å². The van der Waals surface area contributed by atoms with Gasteiger partial charge in [-0.1, -0.05) is 42.9 Å². The van der Waals surface area contributed by atoms with E-state index in [9.17, 15) is 9.59 Å². The van der Waals surface area contributed by atoms with Gasteiger partial charge < -0.3 is 10.1 Å². The molecule has 0 fully saturated rings. The van der Waals surface area contributed by atoms with Crippen molar-refractivity contribution in [1.82, 2.24) is 4.98 Å². The van der Waals surface area contributed by atoms with Gasteiger partial charge in [0.05, 0.1) is 15.9 Å².